The van der Waals surface area contributed by atoms with Gasteiger partial charge in [-0.25, -0.2) is 4.98 Å². The molecule has 0 bridgehead atoms. The predicted octanol–water partition coefficient (Wildman–Crippen LogP) is 1.96. The van der Waals surface area contributed by atoms with Crippen molar-refractivity contribution in [2.75, 3.05) is 0 Å². The SMILES string of the molecule is Cc1cc(=O)c2cccnc2s1. The van der Waals surface area contributed by atoms with E-state index in [-0.39, 0.29) is 5.43 Å². The molecule has 0 N–H and O–H groups in total. The molecule has 0 aliphatic heterocycles. The number of rotatable bonds is 0. The Morgan fingerprint density at radius 2 is 2.33 bits per heavy atom. The van der Waals surface area contributed by atoms with Crippen molar-refractivity contribution in [3.63, 3.8) is 0 Å². The summed E-state index contributed by atoms with van der Waals surface area (Å²) in [6, 6.07) is 5.24. The molecular formula is C9H7NOS. The molecule has 2 aromatic rings. The highest BCUT2D eigenvalue weighted by molar-refractivity contribution is 7.17. The molecule has 0 aromatic carbocycles. The van der Waals surface area contributed by atoms with Crippen LogP contribution in [0, 0.1) is 6.92 Å². The monoisotopic (exact) mass is 177 g/mol. The van der Waals surface area contributed by atoms with Gasteiger partial charge in [-0.05, 0) is 25.1 Å². The van der Waals surface area contributed by atoms with E-state index in [0.29, 0.717) is 5.39 Å². The van der Waals surface area contributed by atoms with E-state index in [0.717, 1.165) is 9.71 Å². The van der Waals surface area contributed by atoms with Crippen molar-refractivity contribution >= 4 is 21.6 Å². The Labute approximate surface area is 73.5 Å². The topological polar surface area (TPSA) is 30.0 Å². The van der Waals surface area contributed by atoms with Gasteiger partial charge < -0.3 is 0 Å². The van der Waals surface area contributed by atoms with Crippen molar-refractivity contribution in [2.45, 2.75) is 6.92 Å². The van der Waals surface area contributed by atoms with Crippen LogP contribution in [0.25, 0.3) is 10.2 Å². The van der Waals surface area contributed by atoms with Crippen LogP contribution in [0.5, 0.6) is 0 Å². The number of hydrogen-bond donors (Lipinski definition) is 0. The number of aryl methyl sites for hydroxylation is 1. The maximum Gasteiger partial charge on any atom is 0.189 e. The van der Waals surface area contributed by atoms with Crippen LogP contribution < -0.4 is 5.43 Å². The van der Waals surface area contributed by atoms with E-state index in [9.17, 15) is 4.79 Å². The van der Waals surface area contributed by atoms with Crippen LogP contribution in [0.1, 0.15) is 4.88 Å². The van der Waals surface area contributed by atoms with E-state index in [1.807, 2.05) is 6.92 Å². The first-order chi connectivity index (χ1) is 5.77. The number of hydrogen-bond acceptors (Lipinski definition) is 3. The lowest BCUT2D eigenvalue weighted by Gasteiger charge is -1.94. The third-order valence-electron chi connectivity index (χ3n) is 1.63. The van der Waals surface area contributed by atoms with Gasteiger partial charge in [-0.15, -0.1) is 11.3 Å². The van der Waals surface area contributed by atoms with E-state index in [1.54, 1.807) is 35.7 Å². The molecule has 60 valence electrons. The highest BCUT2D eigenvalue weighted by atomic mass is 32.1. The molecule has 0 saturated heterocycles. The second kappa shape index (κ2) is 2.68. The summed E-state index contributed by atoms with van der Waals surface area (Å²) in [6.45, 7) is 1.92. The van der Waals surface area contributed by atoms with Gasteiger partial charge in [0.2, 0.25) is 0 Å². The van der Waals surface area contributed by atoms with Crippen LogP contribution in [0.3, 0.4) is 0 Å². The minimum Gasteiger partial charge on any atom is -0.289 e. The molecule has 2 nitrogen and oxygen atoms in total. The maximum atomic E-state index is 11.4. The Morgan fingerprint density at radius 3 is 3.17 bits per heavy atom. The van der Waals surface area contributed by atoms with Gasteiger partial charge in [0.05, 0.1) is 5.39 Å². The lowest BCUT2D eigenvalue weighted by Crippen LogP contribution is -1.98. The first kappa shape index (κ1) is 7.43. The maximum absolute atomic E-state index is 11.4. The van der Waals surface area contributed by atoms with Gasteiger partial charge in [0.25, 0.3) is 0 Å². The van der Waals surface area contributed by atoms with Gasteiger partial charge in [0.15, 0.2) is 5.43 Å². The third kappa shape index (κ3) is 1.12. The Balaban J connectivity index is 2.99. The Morgan fingerprint density at radius 1 is 1.50 bits per heavy atom. The Hall–Kier alpha value is -1.22. The molecule has 12 heavy (non-hydrogen) atoms. The van der Waals surface area contributed by atoms with Crippen LogP contribution in [0.2, 0.25) is 0 Å². The molecule has 2 aromatic heterocycles. The average Bonchev–Trinajstić information content (AvgIpc) is 2.04. The largest absolute Gasteiger partial charge is 0.289 e. The van der Waals surface area contributed by atoms with Crippen LogP contribution in [0.15, 0.2) is 29.2 Å². The van der Waals surface area contributed by atoms with Crippen LogP contribution in [-0.2, 0) is 0 Å². The summed E-state index contributed by atoms with van der Waals surface area (Å²) in [4.78, 5) is 17.3. The molecule has 2 heterocycles. The zero-order valence-electron chi connectivity index (χ0n) is 6.57. The zero-order valence-corrected chi connectivity index (χ0v) is 7.39. The molecule has 0 saturated carbocycles. The highest BCUT2D eigenvalue weighted by Crippen LogP contribution is 2.14. The summed E-state index contributed by atoms with van der Waals surface area (Å²) < 4.78 is 0. The van der Waals surface area contributed by atoms with Gasteiger partial charge in [0, 0.05) is 11.1 Å². The van der Waals surface area contributed by atoms with E-state index in [2.05, 4.69) is 4.98 Å². The van der Waals surface area contributed by atoms with Crippen LogP contribution in [-0.4, -0.2) is 4.98 Å². The third-order valence-corrected chi connectivity index (χ3v) is 2.59. The molecule has 0 amide bonds. The van der Waals surface area contributed by atoms with Gasteiger partial charge in [0.1, 0.15) is 4.83 Å². The van der Waals surface area contributed by atoms with Crippen molar-refractivity contribution in [3.05, 3.63) is 39.5 Å². The summed E-state index contributed by atoms with van der Waals surface area (Å²) >= 11 is 1.54. The first-order valence-electron chi connectivity index (χ1n) is 3.63. The molecule has 0 atom stereocenters. The van der Waals surface area contributed by atoms with Gasteiger partial charge in [-0.2, -0.15) is 0 Å². The summed E-state index contributed by atoms with van der Waals surface area (Å²) in [5, 5.41) is 0.716. The summed E-state index contributed by atoms with van der Waals surface area (Å²) in [7, 11) is 0. The van der Waals surface area contributed by atoms with E-state index >= 15 is 0 Å². The van der Waals surface area contributed by atoms with Crippen molar-refractivity contribution < 1.29 is 0 Å². The fourth-order valence-electron chi connectivity index (χ4n) is 1.10. The Bertz CT molecular complexity index is 475. The number of fused-ring (bicyclic) bond motifs is 1. The lowest BCUT2D eigenvalue weighted by molar-refractivity contribution is 1.43. The van der Waals surface area contributed by atoms with E-state index < -0.39 is 0 Å². The highest BCUT2D eigenvalue weighted by Gasteiger charge is 1.98. The van der Waals surface area contributed by atoms with E-state index in [1.165, 1.54) is 0 Å². The molecule has 0 spiro atoms. The smallest absolute Gasteiger partial charge is 0.189 e. The average molecular weight is 177 g/mol. The number of nitrogens with zero attached hydrogens (tertiary/aromatic N) is 1. The normalized spacial score (nSPS) is 10.4. The first-order valence-corrected chi connectivity index (χ1v) is 4.44. The standard InChI is InChI=1S/C9H7NOS/c1-6-5-8(11)7-3-2-4-10-9(7)12-6/h2-5H,1H3. The second-order valence-electron chi connectivity index (χ2n) is 2.58. The molecule has 3 heteroatoms. The van der Waals surface area contributed by atoms with Crippen LogP contribution >= 0.6 is 11.3 Å². The molecule has 0 aliphatic rings. The molecule has 0 fully saturated rings. The molecular weight excluding hydrogens is 170 g/mol. The molecule has 0 radical (unpaired) electrons. The number of aromatic nitrogens is 1. The lowest BCUT2D eigenvalue weighted by atomic mass is 10.3. The molecule has 2 rings (SSSR count). The minimum atomic E-state index is 0.0642. The minimum absolute atomic E-state index is 0.0642. The van der Waals surface area contributed by atoms with Gasteiger partial charge in [-0.1, -0.05) is 0 Å². The second-order valence-corrected chi connectivity index (χ2v) is 3.81. The van der Waals surface area contributed by atoms with E-state index in [4.69, 9.17) is 0 Å². The van der Waals surface area contributed by atoms with Gasteiger partial charge in [-0.3, -0.25) is 4.79 Å². The summed E-state index contributed by atoms with van der Waals surface area (Å²) in [5.41, 5.74) is 0.0642. The summed E-state index contributed by atoms with van der Waals surface area (Å²) in [6.07, 6.45) is 1.71. The predicted molar refractivity (Wildman–Crippen MR) is 50.6 cm³/mol. The van der Waals surface area contributed by atoms with Crippen molar-refractivity contribution in [1.82, 2.24) is 4.98 Å². The van der Waals surface area contributed by atoms with Crippen molar-refractivity contribution in [1.29, 1.82) is 0 Å². The molecule has 0 unspecified atom stereocenters. The van der Waals surface area contributed by atoms with Crippen molar-refractivity contribution in [2.24, 2.45) is 0 Å². The fourth-order valence-corrected chi connectivity index (χ4v) is 1.97. The van der Waals surface area contributed by atoms with Crippen LogP contribution in [0.4, 0.5) is 0 Å². The number of pyridine rings is 1. The Kier molecular flexibility index (Phi) is 1.66. The summed E-state index contributed by atoms with van der Waals surface area (Å²) in [5.74, 6) is 0. The molecule has 0 aliphatic carbocycles. The van der Waals surface area contributed by atoms with Crippen molar-refractivity contribution in [3.8, 4) is 0 Å². The quantitative estimate of drug-likeness (QED) is 0.615. The fraction of sp³-hybridized carbons (Fsp3) is 0.111. The van der Waals surface area contributed by atoms with Gasteiger partial charge >= 0.3 is 0 Å². The zero-order chi connectivity index (χ0) is 8.55.